The molecule has 1 rings (SSSR count). The van der Waals surface area contributed by atoms with Crippen LogP contribution in [0.25, 0.3) is 0 Å². The van der Waals surface area contributed by atoms with Gasteiger partial charge in [-0.15, -0.1) is 0 Å². The predicted octanol–water partition coefficient (Wildman–Crippen LogP) is 2.12. The van der Waals surface area contributed by atoms with E-state index >= 15 is 0 Å². The van der Waals surface area contributed by atoms with Crippen molar-refractivity contribution in [2.75, 3.05) is 0 Å². The summed E-state index contributed by atoms with van der Waals surface area (Å²) in [5, 5.41) is 8.66. The van der Waals surface area contributed by atoms with Gasteiger partial charge in [0.1, 0.15) is 5.69 Å². The Morgan fingerprint density at radius 1 is 1.50 bits per heavy atom. The Labute approximate surface area is 81.8 Å². The molecular weight excluding hydrogens is 279 g/mol. The van der Waals surface area contributed by atoms with Crippen molar-refractivity contribution in [1.82, 2.24) is 4.98 Å². The highest BCUT2D eigenvalue weighted by molar-refractivity contribution is 14.1. The maximum Gasteiger partial charge on any atom is 0.280 e. The third-order valence-corrected chi connectivity index (χ3v) is 1.87. The molecule has 1 aromatic rings. The minimum Gasteiger partial charge on any atom is -0.390 e. The van der Waals surface area contributed by atoms with Crippen LogP contribution in [0.15, 0.2) is 12.1 Å². The highest BCUT2D eigenvalue weighted by atomic mass is 127. The molecule has 0 spiro atoms. The minimum atomic E-state index is -2.58. The monoisotopic (exact) mass is 285 g/mol. The lowest BCUT2D eigenvalue weighted by molar-refractivity contribution is 0.145. The van der Waals surface area contributed by atoms with Crippen molar-refractivity contribution >= 4 is 22.6 Å². The van der Waals surface area contributed by atoms with Crippen LogP contribution in [0.2, 0.25) is 0 Å². The Hall–Kier alpha value is -0.300. The van der Waals surface area contributed by atoms with E-state index in [1.54, 1.807) is 6.07 Å². The van der Waals surface area contributed by atoms with Crippen LogP contribution < -0.4 is 0 Å². The number of aliphatic hydroxyl groups excluding tert-OH is 1. The molecule has 5 heteroatoms. The molecular formula is C7H6F2INO. The van der Waals surface area contributed by atoms with E-state index in [9.17, 15) is 8.78 Å². The van der Waals surface area contributed by atoms with E-state index in [1.165, 1.54) is 6.07 Å². The van der Waals surface area contributed by atoms with Gasteiger partial charge in [0.25, 0.3) is 6.43 Å². The van der Waals surface area contributed by atoms with Gasteiger partial charge in [-0.1, -0.05) is 0 Å². The molecule has 0 radical (unpaired) electrons. The summed E-state index contributed by atoms with van der Waals surface area (Å²) in [7, 11) is 0. The number of halogens is 3. The van der Waals surface area contributed by atoms with E-state index < -0.39 is 6.43 Å². The van der Waals surface area contributed by atoms with Crippen LogP contribution in [0, 0.1) is 3.57 Å². The molecule has 0 bridgehead atoms. The van der Waals surface area contributed by atoms with Crippen LogP contribution >= 0.6 is 22.6 Å². The summed E-state index contributed by atoms with van der Waals surface area (Å²) in [6.45, 7) is -0.309. The van der Waals surface area contributed by atoms with Crippen LogP contribution in [0.4, 0.5) is 8.78 Å². The molecule has 0 atom stereocenters. The number of hydrogen-bond donors (Lipinski definition) is 1. The van der Waals surface area contributed by atoms with E-state index in [1.807, 2.05) is 22.6 Å². The summed E-state index contributed by atoms with van der Waals surface area (Å²) in [6, 6.07) is 2.86. The Morgan fingerprint density at radius 3 is 2.67 bits per heavy atom. The first-order valence-corrected chi connectivity index (χ1v) is 4.26. The number of hydrogen-bond acceptors (Lipinski definition) is 2. The molecule has 0 aromatic carbocycles. The molecule has 12 heavy (non-hydrogen) atoms. The molecule has 1 N–H and O–H groups in total. The van der Waals surface area contributed by atoms with Crippen LogP contribution in [-0.4, -0.2) is 10.1 Å². The van der Waals surface area contributed by atoms with E-state index in [2.05, 4.69) is 4.98 Å². The summed E-state index contributed by atoms with van der Waals surface area (Å²) in [5.41, 5.74) is -0.0110. The van der Waals surface area contributed by atoms with Gasteiger partial charge in [0.05, 0.1) is 12.3 Å². The lowest BCUT2D eigenvalue weighted by Crippen LogP contribution is -1.97. The normalized spacial score (nSPS) is 10.8. The van der Waals surface area contributed by atoms with Gasteiger partial charge in [0.15, 0.2) is 0 Å². The molecule has 1 aromatic heterocycles. The first kappa shape index (κ1) is 9.79. The second-order valence-corrected chi connectivity index (χ2v) is 3.41. The van der Waals surface area contributed by atoms with Crippen molar-refractivity contribution in [2.45, 2.75) is 13.0 Å². The molecule has 0 saturated heterocycles. The van der Waals surface area contributed by atoms with Crippen molar-refractivity contribution in [2.24, 2.45) is 0 Å². The van der Waals surface area contributed by atoms with Crippen molar-refractivity contribution in [3.8, 4) is 0 Å². The molecule has 0 saturated carbocycles. The summed E-state index contributed by atoms with van der Waals surface area (Å²) in [4.78, 5) is 3.55. The predicted molar refractivity (Wildman–Crippen MR) is 47.8 cm³/mol. The fourth-order valence-electron chi connectivity index (χ4n) is 0.765. The van der Waals surface area contributed by atoms with Crippen LogP contribution in [0.3, 0.4) is 0 Å². The van der Waals surface area contributed by atoms with Crippen LogP contribution in [0.1, 0.15) is 17.8 Å². The number of nitrogens with zero attached hydrogens (tertiary/aromatic N) is 1. The third-order valence-electron chi connectivity index (χ3n) is 1.25. The van der Waals surface area contributed by atoms with Crippen molar-refractivity contribution in [3.63, 3.8) is 0 Å². The number of rotatable bonds is 2. The smallest absolute Gasteiger partial charge is 0.280 e. The fourth-order valence-corrected chi connectivity index (χ4v) is 1.44. The average molecular weight is 285 g/mol. The zero-order valence-corrected chi connectivity index (χ0v) is 8.12. The lowest BCUT2D eigenvalue weighted by Gasteiger charge is -2.02. The van der Waals surface area contributed by atoms with E-state index in [-0.39, 0.29) is 18.0 Å². The SMILES string of the molecule is OCc1cc(I)cc(C(F)F)n1. The largest absolute Gasteiger partial charge is 0.390 e. The van der Waals surface area contributed by atoms with E-state index in [4.69, 9.17) is 5.11 Å². The van der Waals surface area contributed by atoms with Crippen molar-refractivity contribution in [1.29, 1.82) is 0 Å². The zero-order valence-electron chi connectivity index (χ0n) is 5.97. The summed E-state index contributed by atoms with van der Waals surface area (Å²) in [5.74, 6) is 0. The molecule has 0 aliphatic rings. The van der Waals surface area contributed by atoms with Crippen LogP contribution in [-0.2, 0) is 6.61 Å². The van der Waals surface area contributed by atoms with Crippen molar-refractivity contribution in [3.05, 3.63) is 27.1 Å². The standard InChI is InChI=1S/C7H6F2INO/c8-7(9)6-2-4(10)1-5(3-12)11-6/h1-2,7,12H,3H2. The molecule has 2 nitrogen and oxygen atoms in total. The van der Waals surface area contributed by atoms with Gasteiger partial charge in [-0.05, 0) is 34.7 Å². The molecule has 0 fully saturated rings. The second-order valence-electron chi connectivity index (χ2n) is 2.16. The molecule has 66 valence electrons. The highest BCUT2D eigenvalue weighted by Gasteiger charge is 2.10. The number of aromatic nitrogens is 1. The van der Waals surface area contributed by atoms with Gasteiger partial charge in [0, 0.05) is 3.57 Å². The number of alkyl halides is 2. The first-order valence-electron chi connectivity index (χ1n) is 3.19. The Bertz CT molecular complexity index is 280. The van der Waals surface area contributed by atoms with E-state index in [0.29, 0.717) is 3.57 Å². The summed E-state index contributed by atoms with van der Waals surface area (Å²) < 4.78 is 24.9. The lowest BCUT2D eigenvalue weighted by atomic mass is 10.3. The zero-order chi connectivity index (χ0) is 9.14. The van der Waals surface area contributed by atoms with Gasteiger partial charge in [-0.2, -0.15) is 0 Å². The minimum absolute atomic E-state index is 0.275. The highest BCUT2D eigenvalue weighted by Crippen LogP contribution is 2.19. The molecule has 0 aliphatic heterocycles. The maximum atomic E-state index is 12.1. The summed E-state index contributed by atoms with van der Waals surface area (Å²) >= 11 is 1.90. The Balaban J connectivity index is 3.06. The van der Waals surface area contributed by atoms with E-state index in [0.717, 1.165) is 0 Å². The first-order chi connectivity index (χ1) is 5.63. The number of pyridine rings is 1. The molecule has 0 aliphatic carbocycles. The maximum absolute atomic E-state index is 12.1. The molecule has 0 unspecified atom stereocenters. The average Bonchev–Trinajstić information content (AvgIpc) is 2.03. The molecule has 0 amide bonds. The number of aliphatic hydroxyl groups is 1. The van der Waals surface area contributed by atoms with Gasteiger partial charge >= 0.3 is 0 Å². The van der Waals surface area contributed by atoms with Gasteiger partial charge in [-0.3, -0.25) is 0 Å². The van der Waals surface area contributed by atoms with Gasteiger partial charge < -0.3 is 5.11 Å². The Morgan fingerprint density at radius 2 is 2.17 bits per heavy atom. The topological polar surface area (TPSA) is 33.1 Å². The van der Waals surface area contributed by atoms with Gasteiger partial charge in [-0.25, -0.2) is 13.8 Å². The van der Waals surface area contributed by atoms with Crippen LogP contribution in [0.5, 0.6) is 0 Å². The Kier molecular flexibility index (Phi) is 3.33. The van der Waals surface area contributed by atoms with Crippen molar-refractivity contribution < 1.29 is 13.9 Å². The fraction of sp³-hybridized carbons (Fsp3) is 0.286. The quantitative estimate of drug-likeness (QED) is 0.844. The van der Waals surface area contributed by atoms with Gasteiger partial charge in [0.2, 0.25) is 0 Å². The summed E-state index contributed by atoms with van der Waals surface area (Å²) in [6.07, 6.45) is -2.58. The second kappa shape index (κ2) is 4.08. The third kappa shape index (κ3) is 2.34. The molecule has 1 heterocycles.